The highest BCUT2D eigenvalue weighted by Crippen LogP contribution is 2.34. The number of pyridine rings is 1. The van der Waals surface area contributed by atoms with Crippen LogP contribution in [0.2, 0.25) is 0 Å². The van der Waals surface area contributed by atoms with Gasteiger partial charge in [-0.2, -0.15) is 5.26 Å². The van der Waals surface area contributed by atoms with Crippen LogP contribution in [0.3, 0.4) is 0 Å². The third-order valence-electron chi connectivity index (χ3n) is 4.70. The summed E-state index contributed by atoms with van der Waals surface area (Å²) in [5, 5.41) is 9.07. The second-order valence-corrected chi connectivity index (χ2v) is 6.41. The van der Waals surface area contributed by atoms with Gasteiger partial charge in [-0.05, 0) is 53.6 Å². The summed E-state index contributed by atoms with van der Waals surface area (Å²) in [6.45, 7) is 0. The minimum Gasteiger partial charge on any atom is -0.333 e. The van der Waals surface area contributed by atoms with E-state index < -0.39 is 6.04 Å². The number of nitrogens with zero attached hydrogens (tertiary/aromatic N) is 3. The molecule has 1 aromatic heterocycles. The Balaban J connectivity index is 1.86. The quantitative estimate of drug-likeness (QED) is 0.642. The molecule has 0 radical (unpaired) electrons. The van der Waals surface area contributed by atoms with Crippen molar-refractivity contribution in [2.75, 3.05) is 4.90 Å². The Hall–Kier alpha value is -3.97. The van der Waals surface area contributed by atoms with Gasteiger partial charge in [0.25, 0.3) is 0 Å². The van der Waals surface area contributed by atoms with Gasteiger partial charge in [-0.3, -0.25) is 4.98 Å². The zero-order valence-corrected chi connectivity index (χ0v) is 15.1. The first kappa shape index (κ1) is 17.4. The minimum absolute atomic E-state index is 0.470. The number of para-hydroxylation sites is 1. The third kappa shape index (κ3) is 3.34. The van der Waals surface area contributed by atoms with E-state index in [0.717, 1.165) is 34.4 Å². The van der Waals surface area contributed by atoms with Gasteiger partial charge in [0.05, 0.1) is 17.3 Å². The molecule has 134 valence electrons. The molecule has 3 aromatic rings. The normalized spacial score (nSPS) is 16.0. The van der Waals surface area contributed by atoms with Crippen molar-refractivity contribution >= 4 is 23.1 Å². The first-order valence-corrected chi connectivity index (χ1v) is 8.94. The van der Waals surface area contributed by atoms with Crippen LogP contribution in [0, 0.1) is 11.3 Å². The van der Waals surface area contributed by atoms with Crippen molar-refractivity contribution in [1.82, 2.24) is 4.98 Å². The molecule has 2 aromatic carbocycles. The summed E-state index contributed by atoms with van der Waals surface area (Å²) >= 11 is 0. The molecule has 4 rings (SSSR count). The van der Waals surface area contributed by atoms with Gasteiger partial charge in [0.2, 0.25) is 0 Å². The molecule has 0 saturated carbocycles. The lowest BCUT2D eigenvalue weighted by atomic mass is 9.91. The van der Waals surface area contributed by atoms with Gasteiger partial charge in [0.15, 0.2) is 0 Å². The lowest BCUT2D eigenvalue weighted by molar-refractivity contribution is -0.107. The average Bonchev–Trinajstić information content (AvgIpc) is 2.79. The molecule has 28 heavy (non-hydrogen) atoms. The largest absolute Gasteiger partial charge is 0.333 e. The standard InChI is InChI=1S/C24H17N3O/c25-15-18-9-11-19(12-10-18)22-14-20(23-8-4-5-13-26-23)16-27(24(22)17-28)21-6-2-1-3-7-21/h1-14,16-17,24H. The van der Waals surface area contributed by atoms with Crippen LogP contribution in [0.1, 0.15) is 16.8 Å². The van der Waals surface area contributed by atoms with Crippen LogP contribution in [0.5, 0.6) is 0 Å². The smallest absolute Gasteiger partial charge is 0.147 e. The predicted octanol–water partition coefficient (Wildman–Crippen LogP) is 4.47. The van der Waals surface area contributed by atoms with Crippen LogP contribution in [0.15, 0.2) is 91.3 Å². The number of allylic oxidation sites excluding steroid dienone is 2. The number of aromatic nitrogens is 1. The van der Waals surface area contributed by atoms with Gasteiger partial charge in [0.1, 0.15) is 12.3 Å². The molecule has 2 heterocycles. The van der Waals surface area contributed by atoms with E-state index in [1.165, 1.54) is 0 Å². The number of rotatable bonds is 4. The SMILES string of the molecule is N#Cc1ccc(C2=CC(c3ccccn3)=CN(c3ccccc3)C2C=O)cc1. The molecule has 0 bridgehead atoms. The summed E-state index contributed by atoms with van der Waals surface area (Å²) in [5.74, 6) is 0. The van der Waals surface area contributed by atoms with Crippen molar-refractivity contribution in [3.05, 3.63) is 108 Å². The van der Waals surface area contributed by atoms with E-state index in [-0.39, 0.29) is 0 Å². The molecule has 0 spiro atoms. The maximum Gasteiger partial charge on any atom is 0.147 e. The Labute approximate surface area is 163 Å². The zero-order valence-electron chi connectivity index (χ0n) is 15.1. The summed E-state index contributed by atoms with van der Waals surface area (Å²) in [4.78, 5) is 18.5. The molecule has 1 aliphatic rings. The Kier molecular flexibility index (Phi) is 4.81. The summed E-state index contributed by atoms with van der Waals surface area (Å²) in [6, 6.07) is 24.5. The maximum atomic E-state index is 12.1. The van der Waals surface area contributed by atoms with E-state index in [4.69, 9.17) is 5.26 Å². The fourth-order valence-corrected chi connectivity index (χ4v) is 3.31. The van der Waals surface area contributed by atoms with Gasteiger partial charge >= 0.3 is 0 Å². The number of carbonyl (C=O) groups excluding carboxylic acids is 1. The lowest BCUT2D eigenvalue weighted by Gasteiger charge is -2.33. The van der Waals surface area contributed by atoms with Gasteiger partial charge in [0, 0.05) is 23.7 Å². The van der Waals surface area contributed by atoms with E-state index in [0.29, 0.717) is 5.56 Å². The Bertz CT molecular complexity index is 1080. The van der Waals surface area contributed by atoms with Gasteiger partial charge in [-0.1, -0.05) is 36.4 Å². The highest BCUT2D eigenvalue weighted by Gasteiger charge is 2.27. The van der Waals surface area contributed by atoms with Crippen LogP contribution in [-0.2, 0) is 4.79 Å². The average molecular weight is 363 g/mol. The molecule has 0 N–H and O–H groups in total. The second kappa shape index (κ2) is 7.73. The molecular weight excluding hydrogens is 346 g/mol. The number of carbonyl (C=O) groups is 1. The molecular formula is C24H17N3O. The van der Waals surface area contributed by atoms with Gasteiger partial charge in [-0.15, -0.1) is 0 Å². The maximum absolute atomic E-state index is 12.1. The highest BCUT2D eigenvalue weighted by atomic mass is 16.1. The molecule has 0 saturated heterocycles. The molecule has 0 amide bonds. The fourth-order valence-electron chi connectivity index (χ4n) is 3.31. The Morgan fingerprint density at radius 1 is 0.964 bits per heavy atom. The van der Waals surface area contributed by atoms with Crippen LogP contribution < -0.4 is 4.90 Å². The van der Waals surface area contributed by atoms with Crippen LogP contribution in [0.25, 0.3) is 11.1 Å². The van der Waals surface area contributed by atoms with Crippen molar-refractivity contribution in [3.63, 3.8) is 0 Å². The molecule has 4 nitrogen and oxygen atoms in total. The van der Waals surface area contributed by atoms with Gasteiger partial charge < -0.3 is 9.69 Å². The van der Waals surface area contributed by atoms with Crippen molar-refractivity contribution in [2.24, 2.45) is 0 Å². The molecule has 0 fully saturated rings. The number of aldehydes is 1. The number of hydrogen-bond donors (Lipinski definition) is 0. The molecule has 0 aliphatic carbocycles. The minimum atomic E-state index is -0.470. The number of nitriles is 1. The van der Waals surface area contributed by atoms with E-state index in [9.17, 15) is 4.79 Å². The van der Waals surface area contributed by atoms with Crippen molar-refractivity contribution < 1.29 is 4.79 Å². The monoisotopic (exact) mass is 363 g/mol. The van der Waals surface area contributed by atoms with Crippen LogP contribution >= 0.6 is 0 Å². The lowest BCUT2D eigenvalue weighted by Crippen LogP contribution is -2.35. The van der Waals surface area contributed by atoms with E-state index in [1.54, 1.807) is 18.3 Å². The van der Waals surface area contributed by atoms with E-state index >= 15 is 0 Å². The van der Waals surface area contributed by atoms with Gasteiger partial charge in [-0.25, -0.2) is 0 Å². The fraction of sp³-hybridized carbons (Fsp3) is 0.0417. The summed E-state index contributed by atoms with van der Waals surface area (Å²) in [6.07, 6.45) is 6.67. The van der Waals surface area contributed by atoms with Crippen LogP contribution in [0.4, 0.5) is 5.69 Å². The summed E-state index contributed by atoms with van der Waals surface area (Å²) < 4.78 is 0. The molecule has 4 heteroatoms. The number of benzene rings is 2. The zero-order chi connectivity index (χ0) is 19.3. The van der Waals surface area contributed by atoms with Crippen LogP contribution in [-0.4, -0.2) is 17.3 Å². The summed E-state index contributed by atoms with van der Waals surface area (Å²) in [5.41, 5.74) is 5.03. The van der Waals surface area contributed by atoms with E-state index in [1.807, 2.05) is 77.8 Å². The Morgan fingerprint density at radius 3 is 2.36 bits per heavy atom. The third-order valence-corrected chi connectivity index (χ3v) is 4.70. The molecule has 1 aliphatic heterocycles. The second-order valence-electron chi connectivity index (χ2n) is 6.41. The topological polar surface area (TPSA) is 57.0 Å². The number of hydrogen-bond acceptors (Lipinski definition) is 4. The first-order valence-electron chi connectivity index (χ1n) is 8.94. The number of anilines is 1. The van der Waals surface area contributed by atoms with E-state index in [2.05, 4.69) is 11.1 Å². The molecule has 1 unspecified atom stereocenters. The van der Waals surface area contributed by atoms with Crippen molar-refractivity contribution in [3.8, 4) is 6.07 Å². The Morgan fingerprint density at radius 2 is 1.71 bits per heavy atom. The van der Waals surface area contributed by atoms with Crippen molar-refractivity contribution in [2.45, 2.75) is 6.04 Å². The van der Waals surface area contributed by atoms with Crippen molar-refractivity contribution in [1.29, 1.82) is 5.26 Å². The molecule has 1 atom stereocenters. The highest BCUT2D eigenvalue weighted by molar-refractivity contribution is 5.98. The summed E-state index contributed by atoms with van der Waals surface area (Å²) in [7, 11) is 0. The first-order chi connectivity index (χ1) is 13.8. The predicted molar refractivity (Wildman–Crippen MR) is 110 cm³/mol.